The van der Waals surface area contributed by atoms with E-state index in [1.54, 1.807) is 12.1 Å². The molecule has 2 rings (SSSR count). The molecule has 0 amide bonds. The summed E-state index contributed by atoms with van der Waals surface area (Å²) >= 11 is 0. The number of nitro benzene ring substituents is 1. The number of likely N-dealkylation sites (tertiary alicyclic amines) is 1. The monoisotopic (exact) mass is 293 g/mol. The smallest absolute Gasteiger partial charge is 0.311 e. The summed E-state index contributed by atoms with van der Waals surface area (Å²) in [7, 11) is 1.42. The lowest BCUT2D eigenvalue weighted by atomic mass is 9.97. The van der Waals surface area contributed by atoms with Crippen LogP contribution >= 0.6 is 0 Å². The van der Waals surface area contributed by atoms with Gasteiger partial charge in [0.15, 0.2) is 5.75 Å². The number of nitro groups is 1. The molecule has 1 aromatic rings. The van der Waals surface area contributed by atoms with E-state index in [1.165, 1.54) is 7.11 Å². The molecule has 0 spiro atoms. The van der Waals surface area contributed by atoms with E-state index in [0.29, 0.717) is 6.54 Å². The van der Waals surface area contributed by atoms with E-state index in [0.717, 1.165) is 30.8 Å². The molecule has 1 atom stereocenters. The Kier molecular flexibility index (Phi) is 4.74. The van der Waals surface area contributed by atoms with Crippen molar-refractivity contribution in [1.29, 1.82) is 0 Å². The molecule has 1 aliphatic heterocycles. The molecule has 7 nitrogen and oxygen atoms in total. The molecular weight excluding hydrogens is 274 g/mol. The first-order valence-corrected chi connectivity index (χ1v) is 6.79. The summed E-state index contributed by atoms with van der Waals surface area (Å²) < 4.78 is 5.00. The fourth-order valence-corrected chi connectivity index (χ4v) is 2.63. The van der Waals surface area contributed by atoms with Crippen molar-refractivity contribution in [3.05, 3.63) is 33.9 Å². The van der Waals surface area contributed by atoms with E-state index in [2.05, 4.69) is 10.1 Å². The van der Waals surface area contributed by atoms with Crippen molar-refractivity contribution in [3.8, 4) is 5.75 Å². The van der Waals surface area contributed by atoms with Crippen molar-refractivity contribution < 1.29 is 14.9 Å². The molecule has 1 N–H and O–H groups in total. The summed E-state index contributed by atoms with van der Waals surface area (Å²) in [6, 6.07) is 5.02. The van der Waals surface area contributed by atoms with Gasteiger partial charge in [0, 0.05) is 38.0 Å². The van der Waals surface area contributed by atoms with Crippen molar-refractivity contribution in [2.45, 2.75) is 19.9 Å². The Labute approximate surface area is 123 Å². The van der Waals surface area contributed by atoms with E-state index in [9.17, 15) is 10.1 Å². The Morgan fingerprint density at radius 2 is 2.33 bits per heavy atom. The number of rotatable bonds is 4. The van der Waals surface area contributed by atoms with E-state index < -0.39 is 4.92 Å². The summed E-state index contributed by atoms with van der Waals surface area (Å²) in [5.74, 6) is 0.461. The van der Waals surface area contributed by atoms with Gasteiger partial charge in [-0.3, -0.25) is 15.0 Å². The van der Waals surface area contributed by atoms with Crippen LogP contribution in [0.1, 0.15) is 18.9 Å². The number of hydrogen-bond donors (Lipinski definition) is 1. The third kappa shape index (κ3) is 3.49. The van der Waals surface area contributed by atoms with Crippen LogP contribution in [0.2, 0.25) is 0 Å². The second kappa shape index (κ2) is 6.53. The second-order valence-corrected chi connectivity index (χ2v) is 5.24. The Hall–Kier alpha value is -2.15. The van der Waals surface area contributed by atoms with Gasteiger partial charge in [-0.05, 0) is 11.6 Å². The molecular formula is C14H19N3O4. The van der Waals surface area contributed by atoms with E-state index in [4.69, 9.17) is 9.94 Å². The summed E-state index contributed by atoms with van der Waals surface area (Å²) in [5, 5.41) is 23.2. The minimum Gasteiger partial charge on any atom is -0.490 e. The highest BCUT2D eigenvalue weighted by Gasteiger charge is 2.23. The Bertz CT molecular complexity index is 559. The van der Waals surface area contributed by atoms with Gasteiger partial charge < -0.3 is 9.94 Å². The molecule has 1 saturated heterocycles. The summed E-state index contributed by atoms with van der Waals surface area (Å²) in [4.78, 5) is 12.8. The van der Waals surface area contributed by atoms with Gasteiger partial charge in [-0.25, -0.2) is 0 Å². The topological polar surface area (TPSA) is 88.2 Å². The zero-order valence-corrected chi connectivity index (χ0v) is 12.2. The van der Waals surface area contributed by atoms with Crippen LogP contribution in [0.3, 0.4) is 0 Å². The van der Waals surface area contributed by atoms with Crippen LogP contribution in [0.25, 0.3) is 0 Å². The molecule has 0 saturated carbocycles. The number of methoxy groups -OCH3 is 1. The SMILES string of the molecule is COc1ccc(CN2CC/C(=N/O)C(C)C2)cc1[N+](=O)[O-]. The van der Waals surface area contributed by atoms with Gasteiger partial charge in [0.1, 0.15) is 0 Å². The lowest BCUT2D eigenvalue weighted by molar-refractivity contribution is -0.385. The number of nitrogens with zero attached hydrogens (tertiary/aromatic N) is 3. The molecule has 1 fully saturated rings. The van der Waals surface area contributed by atoms with Crippen molar-refractivity contribution in [2.24, 2.45) is 11.1 Å². The average Bonchev–Trinajstić information content (AvgIpc) is 2.47. The van der Waals surface area contributed by atoms with Crippen molar-refractivity contribution in [1.82, 2.24) is 4.90 Å². The molecule has 0 bridgehead atoms. The average molecular weight is 293 g/mol. The normalized spacial score (nSPS) is 21.4. The first-order valence-electron chi connectivity index (χ1n) is 6.79. The maximum atomic E-state index is 11.0. The first kappa shape index (κ1) is 15.2. The van der Waals surface area contributed by atoms with Crippen molar-refractivity contribution in [3.63, 3.8) is 0 Å². The van der Waals surface area contributed by atoms with Crippen LogP contribution in [0.4, 0.5) is 5.69 Å². The predicted molar refractivity (Wildman–Crippen MR) is 77.9 cm³/mol. The summed E-state index contributed by atoms with van der Waals surface area (Å²) in [5.41, 5.74) is 1.67. The second-order valence-electron chi connectivity index (χ2n) is 5.24. The van der Waals surface area contributed by atoms with Crippen LogP contribution in [0.15, 0.2) is 23.4 Å². The van der Waals surface area contributed by atoms with Gasteiger partial charge in [0.2, 0.25) is 0 Å². The molecule has 1 aliphatic rings. The molecule has 0 aromatic heterocycles. The van der Waals surface area contributed by atoms with Crippen LogP contribution in [-0.4, -0.2) is 40.9 Å². The minimum absolute atomic E-state index is 0.0160. The van der Waals surface area contributed by atoms with Gasteiger partial charge in [-0.1, -0.05) is 18.1 Å². The van der Waals surface area contributed by atoms with Crippen LogP contribution < -0.4 is 4.74 Å². The van der Waals surface area contributed by atoms with Gasteiger partial charge >= 0.3 is 5.69 Å². The molecule has 21 heavy (non-hydrogen) atoms. The molecule has 114 valence electrons. The van der Waals surface area contributed by atoms with Crippen molar-refractivity contribution in [2.75, 3.05) is 20.2 Å². The lowest BCUT2D eigenvalue weighted by Crippen LogP contribution is -2.39. The third-order valence-corrected chi connectivity index (χ3v) is 3.76. The van der Waals surface area contributed by atoms with Gasteiger partial charge in [-0.2, -0.15) is 0 Å². The fourth-order valence-electron chi connectivity index (χ4n) is 2.63. The number of oxime groups is 1. The number of ether oxygens (including phenoxy) is 1. The summed E-state index contributed by atoms with van der Waals surface area (Å²) in [6.07, 6.45) is 0.718. The quantitative estimate of drug-likeness (QED) is 0.522. The third-order valence-electron chi connectivity index (χ3n) is 3.76. The predicted octanol–water partition coefficient (Wildman–Crippen LogP) is 2.28. The minimum atomic E-state index is -0.433. The lowest BCUT2D eigenvalue weighted by Gasteiger charge is -2.31. The molecule has 1 unspecified atom stereocenters. The first-order chi connectivity index (χ1) is 10.0. The Balaban J connectivity index is 2.10. The summed E-state index contributed by atoms with van der Waals surface area (Å²) in [6.45, 7) is 4.20. The number of hydrogen-bond acceptors (Lipinski definition) is 6. The highest BCUT2D eigenvalue weighted by atomic mass is 16.6. The van der Waals surface area contributed by atoms with Gasteiger partial charge in [0.05, 0.1) is 17.7 Å². The molecule has 1 heterocycles. The largest absolute Gasteiger partial charge is 0.490 e. The molecule has 1 aromatic carbocycles. The van der Waals surface area contributed by atoms with Crippen LogP contribution in [0, 0.1) is 16.0 Å². The fraction of sp³-hybridized carbons (Fsp3) is 0.500. The van der Waals surface area contributed by atoms with E-state index in [-0.39, 0.29) is 17.4 Å². The van der Waals surface area contributed by atoms with E-state index >= 15 is 0 Å². The standard InChI is InChI=1S/C14H19N3O4/c1-10-8-16(6-5-12(10)15-18)9-11-3-4-14(21-2)13(7-11)17(19)20/h3-4,7,10,18H,5-6,8-9H2,1-2H3/b15-12-. The highest BCUT2D eigenvalue weighted by Crippen LogP contribution is 2.28. The molecule has 0 aliphatic carbocycles. The van der Waals surface area contributed by atoms with Gasteiger partial charge in [-0.15, -0.1) is 0 Å². The van der Waals surface area contributed by atoms with Crippen molar-refractivity contribution >= 4 is 11.4 Å². The van der Waals surface area contributed by atoms with Crippen LogP contribution in [0.5, 0.6) is 5.75 Å². The molecule has 7 heteroatoms. The maximum Gasteiger partial charge on any atom is 0.311 e. The van der Waals surface area contributed by atoms with E-state index in [1.807, 2.05) is 13.0 Å². The Morgan fingerprint density at radius 3 is 2.90 bits per heavy atom. The molecule has 0 radical (unpaired) electrons. The number of benzene rings is 1. The van der Waals surface area contributed by atoms with Gasteiger partial charge in [0.25, 0.3) is 0 Å². The Morgan fingerprint density at radius 1 is 1.57 bits per heavy atom. The number of piperidine rings is 1. The zero-order valence-electron chi connectivity index (χ0n) is 12.2. The van der Waals surface area contributed by atoms with Crippen LogP contribution in [-0.2, 0) is 6.54 Å². The zero-order chi connectivity index (χ0) is 15.4. The maximum absolute atomic E-state index is 11.0. The highest BCUT2D eigenvalue weighted by molar-refractivity contribution is 5.86.